The molecule has 0 aromatic heterocycles. The number of carbonyl (C=O) groups is 1. The minimum absolute atomic E-state index is 0.0759. The summed E-state index contributed by atoms with van der Waals surface area (Å²) in [5, 5.41) is 0.240. The Morgan fingerprint density at radius 2 is 1.57 bits per heavy atom. The number of amides is 1. The first-order valence-corrected chi connectivity index (χ1v) is 15.4. The van der Waals surface area contributed by atoms with Crippen LogP contribution in [-0.2, 0) is 23.0 Å². The van der Waals surface area contributed by atoms with E-state index in [1.807, 2.05) is 49.4 Å². The third-order valence-corrected chi connectivity index (χ3v) is 10.8. The Morgan fingerprint density at radius 1 is 0.919 bits per heavy atom. The lowest BCUT2D eigenvalue weighted by atomic mass is 9.94. The molecule has 6 nitrogen and oxygen atoms in total. The number of carbonyl (C=O) groups excluding carboxylic acids is 1. The van der Waals surface area contributed by atoms with Crippen molar-refractivity contribution in [1.82, 2.24) is 9.21 Å². The van der Waals surface area contributed by atoms with E-state index >= 15 is 0 Å². The predicted molar refractivity (Wildman–Crippen MR) is 154 cm³/mol. The monoisotopic (exact) mass is 665 g/mol. The zero-order chi connectivity index (χ0) is 26.3. The number of sulfonamides is 1. The predicted octanol–water partition coefficient (Wildman–Crippen LogP) is 5.96. The van der Waals surface area contributed by atoms with Crippen molar-refractivity contribution in [2.24, 2.45) is 0 Å². The number of anilines is 1. The lowest BCUT2D eigenvalue weighted by Crippen LogP contribution is -2.48. The molecule has 0 aliphatic carbocycles. The maximum Gasteiger partial charge on any atom is 0.255 e. The van der Waals surface area contributed by atoms with Gasteiger partial charge in [0.2, 0.25) is 10.0 Å². The van der Waals surface area contributed by atoms with Gasteiger partial charge >= 0.3 is 0 Å². The zero-order valence-corrected chi connectivity index (χ0v) is 24.9. The molecule has 1 saturated heterocycles. The summed E-state index contributed by atoms with van der Waals surface area (Å²) in [7, 11) is -3.78. The molecule has 0 N–H and O–H groups in total. The van der Waals surface area contributed by atoms with E-state index in [-0.39, 0.29) is 27.4 Å². The summed E-state index contributed by atoms with van der Waals surface area (Å²) in [6.07, 6.45) is 0.683. The van der Waals surface area contributed by atoms with Gasteiger partial charge in [-0.3, -0.25) is 4.79 Å². The van der Waals surface area contributed by atoms with Crippen LogP contribution in [0.3, 0.4) is 0 Å². The summed E-state index contributed by atoms with van der Waals surface area (Å²) in [6.45, 7) is 4.33. The fourth-order valence-electron chi connectivity index (χ4n) is 4.99. The molecule has 1 unspecified atom stereocenters. The number of piperazine rings is 1. The molecule has 3 aromatic rings. The number of rotatable bonds is 4. The fraction of sp³-hybridized carbons (Fsp3) is 0.296. The van der Waals surface area contributed by atoms with E-state index in [1.165, 1.54) is 28.1 Å². The molecule has 0 bridgehead atoms. The summed E-state index contributed by atoms with van der Waals surface area (Å²) < 4.78 is 30.5. The van der Waals surface area contributed by atoms with Gasteiger partial charge in [-0.05, 0) is 66.9 Å². The number of benzene rings is 3. The second-order valence-electron chi connectivity index (χ2n) is 9.34. The van der Waals surface area contributed by atoms with Crippen LogP contribution in [-0.4, -0.2) is 55.8 Å². The Balaban J connectivity index is 1.37. The third-order valence-electron chi connectivity index (χ3n) is 7.10. The van der Waals surface area contributed by atoms with Crippen LogP contribution in [0.4, 0.5) is 5.69 Å². The van der Waals surface area contributed by atoms with Crippen LogP contribution in [0.2, 0.25) is 5.02 Å². The van der Waals surface area contributed by atoms with Crippen molar-refractivity contribution < 1.29 is 13.2 Å². The van der Waals surface area contributed by atoms with E-state index in [0.717, 1.165) is 20.2 Å². The van der Waals surface area contributed by atoms with Crippen molar-refractivity contribution in [3.8, 4) is 0 Å². The van der Waals surface area contributed by atoms with Crippen molar-refractivity contribution in [3.63, 3.8) is 0 Å². The van der Waals surface area contributed by atoms with Crippen molar-refractivity contribution in [2.45, 2.75) is 30.8 Å². The first kappa shape index (κ1) is 26.7. The van der Waals surface area contributed by atoms with Gasteiger partial charge in [-0.25, -0.2) is 8.42 Å². The van der Waals surface area contributed by atoms with Crippen LogP contribution in [0, 0.1) is 0 Å². The lowest BCUT2D eigenvalue weighted by molar-refractivity contribution is 0.0657. The van der Waals surface area contributed by atoms with Crippen molar-refractivity contribution in [1.29, 1.82) is 0 Å². The summed E-state index contributed by atoms with van der Waals surface area (Å²) in [6, 6.07) is 18.3. The number of para-hydroxylation sites is 1. The molecule has 37 heavy (non-hydrogen) atoms. The van der Waals surface area contributed by atoms with Crippen LogP contribution in [0.1, 0.15) is 28.4 Å². The molecule has 0 saturated carbocycles. The number of hydrogen-bond donors (Lipinski definition) is 0. The van der Waals surface area contributed by atoms with Gasteiger partial charge in [0.25, 0.3) is 5.91 Å². The summed E-state index contributed by atoms with van der Waals surface area (Å²) >= 11 is 13.7. The highest BCUT2D eigenvalue weighted by molar-refractivity contribution is 9.11. The topological polar surface area (TPSA) is 60.9 Å². The molecular weight excluding hydrogens is 642 g/mol. The standard InChI is InChI=1S/C27H26Br2ClN3O3S/c1-18-15-21-23(25(29)9-8-24(21)28)17-33(18)27(34)22-16-20(7-10-26(22)30)37(35,36)32-13-11-31(12-14-32)19-5-3-2-4-6-19/h2-10,16,18H,11-15,17H2,1H3. The maximum atomic E-state index is 13.7. The van der Waals surface area contributed by atoms with Gasteiger partial charge in [-0.15, -0.1) is 0 Å². The van der Waals surface area contributed by atoms with E-state index in [1.54, 1.807) is 4.90 Å². The number of fused-ring (bicyclic) bond motifs is 1. The summed E-state index contributed by atoms with van der Waals surface area (Å²) in [5.74, 6) is -0.277. The number of hydrogen-bond acceptors (Lipinski definition) is 4. The molecule has 194 valence electrons. The summed E-state index contributed by atoms with van der Waals surface area (Å²) in [4.78, 5) is 17.7. The van der Waals surface area contributed by atoms with Crippen LogP contribution in [0.15, 0.2) is 74.5 Å². The second kappa shape index (κ2) is 10.7. The van der Waals surface area contributed by atoms with Crippen LogP contribution in [0.5, 0.6) is 0 Å². The Hall–Kier alpha value is -1.91. The molecule has 1 atom stereocenters. The first-order chi connectivity index (χ1) is 17.7. The van der Waals surface area contributed by atoms with Gasteiger partial charge in [-0.2, -0.15) is 4.31 Å². The minimum Gasteiger partial charge on any atom is -0.369 e. The Labute approximate surface area is 239 Å². The van der Waals surface area contributed by atoms with Gasteiger partial charge < -0.3 is 9.80 Å². The molecule has 2 aliphatic heterocycles. The molecular formula is C27H26Br2ClN3O3S. The molecule has 0 spiro atoms. The molecule has 0 radical (unpaired) electrons. The minimum atomic E-state index is -3.78. The number of nitrogens with zero attached hydrogens (tertiary/aromatic N) is 3. The van der Waals surface area contributed by atoms with Crippen LogP contribution < -0.4 is 4.90 Å². The van der Waals surface area contributed by atoms with Crippen LogP contribution in [0.25, 0.3) is 0 Å². The van der Waals surface area contributed by atoms with Gasteiger partial charge in [0.05, 0.1) is 15.5 Å². The van der Waals surface area contributed by atoms with Crippen molar-refractivity contribution in [2.75, 3.05) is 31.1 Å². The third kappa shape index (κ3) is 5.21. The molecule has 3 aromatic carbocycles. The largest absolute Gasteiger partial charge is 0.369 e. The van der Waals surface area contributed by atoms with Gasteiger partial charge in [0.15, 0.2) is 0 Å². The Bertz CT molecular complexity index is 1440. The highest BCUT2D eigenvalue weighted by Crippen LogP contribution is 2.36. The Morgan fingerprint density at radius 3 is 2.24 bits per heavy atom. The molecule has 2 heterocycles. The molecule has 5 rings (SSSR count). The van der Waals surface area contributed by atoms with E-state index in [9.17, 15) is 13.2 Å². The normalized spacial score (nSPS) is 18.5. The average molecular weight is 668 g/mol. The second-order valence-corrected chi connectivity index (χ2v) is 13.4. The average Bonchev–Trinajstić information content (AvgIpc) is 2.91. The van der Waals surface area contributed by atoms with E-state index in [2.05, 4.69) is 36.8 Å². The first-order valence-electron chi connectivity index (χ1n) is 12.0. The smallest absolute Gasteiger partial charge is 0.255 e. The maximum absolute atomic E-state index is 13.7. The van der Waals surface area contributed by atoms with E-state index < -0.39 is 10.0 Å². The highest BCUT2D eigenvalue weighted by Gasteiger charge is 2.33. The molecule has 10 heteroatoms. The fourth-order valence-corrected chi connectivity index (χ4v) is 7.67. The van der Waals surface area contributed by atoms with Gasteiger partial charge in [0.1, 0.15) is 0 Å². The van der Waals surface area contributed by atoms with Gasteiger partial charge in [-0.1, -0.05) is 61.7 Å². The van der Waals surface area contributed by atoms with E-state index in [4.69, 9.17) is 11.6 Å². The molecule has 1 amide bonds. The number of halogens is 3. The van der Waals surface area contributed by atoms with Crippen LogP contribution >= 0.6 is 43.5 Å². The van der Waals surface area contributed by atoms with Gasteiger partial charge in [0, 0.05) is 53.4 Å². The Kier molecular flexibility index (Phi) is 7.71. The van der Waals surface area contributed by atoms with Crippen molar-refractivity contribution in [3.05, 3.63) is 91.3 Å². The lowest BCUT2D eigenvalue weighted by Gasteiger charge is -2.36. The molecule has 1 fully saturated rings. The quantitative estimate of drug-likeness (QED) is 0.345. The summed E-state index contributed by atoms with van der Waals surface area (Å²) in [5.41, 5.74) is 3.49. The van der Waals surface area contributed by atoms with E-state index in [0.29, 0.717) is 39.1 Å². The SMILES string of the molecule is CC1Cc2c(Br)ccc(Br)c2CN1C(=O)c1cc(S(=O)(=O)N2CCN(c3ccccc3)CC2)ccc1Cl. The zero-order valence-electron chi connectivity index (χ0n) is 20.2. The van der Waals surface area contributed by atoms with Crippen molar-refractivity contribution >= 4 is 65.1 Å². The highest BCUT2D eigenvalue weighted by atomic mass is 79.9. The molecule has 2 aliphatic rings.